The van der Waals surface area contributed by atoms with Crippen LogP contribution in [0.2, 0.25) is 0 Å². The van der Waals surface area contributed by atoms with Gasteiger partial charge >= 0.3 is 0 Å². The molecule has 2 aromatic rings. The number of nitrogens with two attached hydrogens (primary N) is 1. The molecule has 0 aliphatic rings. The summed E-state index contributed by atoms with van der Waals surface area (Å²) in [4.78, 5) is 12.0. The molecule has 0 aliphatic heterocycles. The summed E-state index contributed by atoms with van der Waals surface area (Å²) >= 11 is 6.32. The summed E-state index contributed by atoms with van der Waals surface area (Å²) in [5.41, 5.74) is 6.79. The summed E-state index contributed by atoms with van der Waals surface area (Å²) in [5.74, 6) is -0.833. The van der Waals surface area contributed by atoms with Gasteiger partial charge in [0.1, 0.15) is 5.82 Å². The Kier molecular flexibility index (Phi) is 4.21. The predicted octanol–water partition coefficient (Wildman–Crippen LogP) is 4.19. The predicted molar refractivity (Wildman–Crippen MR) is 80.6 cm³/mol. The summed E-state index contributed by atoms with van der Waals surface area (Å²) in [5, 5.41) is 2.59. The Hall–Kier alpha value is -1.40. The lowest BCUT2D eigenvalue weighted by molar-refractivity contribution is 0.102. The molecule has 0 saturated carbocycles. The van der Waals surface area contributed by atoms with Gasteiger partial charge in [0.15, 0.2) is 0 Å². The van der Waals surface area contributed by atoms with Gasteiger partial charge in [0.2, 0.25) is 0 Å². The van der Waals surface area contributed by atoms with Crippen molar-refractivity contribution in [2.75, 3.05) is 11.1 Å². The Labute approximate surface area is 126 Å². The van der Waals surface area contributed by atoms with Crippen LogP contribution in [0.3, 0.4) is 0 Å². The SMILES string of the molecule is Nc1ccc(Br)cc1C(=O)Nc1ccc(Br)c(F)c1. The number of halogens is 3. The van der Waals surface area contributed by atoms with Crippen LogP contribution in [0.1, 0.15) is 10.4 Å². The molecule has 98 valence electrons. The number of hydrogen-bond acceptors (Lipinski definition) is 2. The average Bonchev–Trinajstić information content (AvgIpc) is 2.36. The lowest BCUT2D eigenvalue weighted by atomic mass is 10.1. The van der Waals surface area contributed by atoms with Crippen LogP contribution >= 0.6 is 31.9 Å². The fourth-order valence-electron chi connectivity index (χ4n) is 1.50. The van der Waals surface area contributed by atoms with Crippen LogP contribution in [0.5, 0.6) is 0 Å². The minimum Gasteiger partial charge on any atom is -0.398 e. The number of carbonyl (C=O) groups excluding carboxylic acids is 1. The first-order valence-corrected chi connectivity index (χ1v) is 6.87. The van der Waals surface area contributed by atoms with Crippen LogP contribution in [0, 0.1) is 5.82 Å². The number of benzene rings is 2. The molecule has 0 spiro atoms. The van der Waals surface area contributed by atoms with E-state index in [4.69, 9.17) is 5.73 Å². The van der Waals surface area contributed by atoms with E-state index in [-0.39, 0.29) is 5.91 Å². The zero-order valence-corrected chi connectivity index (χ0v) is 12.8. The summed E-state index contributed by atoms with van der Waals surface area (Å²) < 4.78 is 14.4. The Morgan fingerprint density at radius 1 is 1.16 bits per heavy atom. The molecule has 0 aromatic heterocycles. The fraction of sp³-hybridized carbons (Fsp3) is 0. The minimum absolute atomic E-state index is 0.331. The highest BCUT2D eigenvalue weighted by molar-refractivity contribution is 9.10. The molecular formula is C13H9Br2FN2O. The molecule has 2 aromatic carbocycles. The summed E-state index contributed by atoms with van der Waals surface area (Å²) in [7, 11) is 0. The lowest BCUT2D eigenvalue weighted by Gasteiger charge is -2.08. The van der Waals surface area contributed by atoms with Crippen molar-refractivity contribution < 1.29 is 9.18 Å². The highest BCUT2D eigenvalue weighted by Gasteiger charge is 2.11. The van der Waals surface area contributed by atoms with Crippen LogP contribution in [0.25, 0.3) is 0 Å². The van der Waals surface area contributed by atoms with E-state index in [9.17, 15) is 9.18 Å². The van der Waals surface area contributed by atoms with Crippen molar-refractivity contribution in [3.05, 3.63) is 56.7 Å². The second kappa shape index (κ2) is 5.71. The molecule has 0 radical (unpaired) electrons. The lowest BCUT2D eigenvalue weighted by Crippen LogP contribution is -2.14. The Morgan fingerprint density at radius 3 is 2.58 bits per heavy atom. The molecule has 0 bridgehead atoms. The first-order valence-electron chi connectivity index (χ1n) is 5.29. The largest absolute Gasteiger partial charge is 0.398 e. The first-order chi connectivity index (χ1) is 8.97. The third-order valence-electron chi connectivity index (χ3n) is 2.44. The highest BCUT2D eigenvalue weighted by atomic mass is 79.9. The van der Waals surface area contributed by atoms with Crippen molar-refractivity contribution in [3.8, 4) is 0 Å². The van der Waals surface area contributed by atoms with E-state index < -0.39 is 5.82 Å². The average molecular weight is 388 g/mol. The zero-order chi connectivity index (χ0) is 14.0. The Bertz CT molecular complexity index is 647. The first kappa shape index (κ1) is 14.0. The van der Waals surface area contributed by atoms with Crippen molar-refractivity contribution in [2.45, 2.75) is 0 Å². The number of nitrogen functional groups attached to an aromatic ring is 1. The third-order valence-corrected chi connectivity index (χ3v) is 3.57. The molecule has 0 saturated heterocycles. The van der Waals surface area contributed by atoms with Crippen LogP contribution < -0.4 is 11.1 Å². The van der Waals surface area contributed by atoms with E-state index in [2.05, 4.69) is 37.2 Å². The Morgan fingerprint density at radius 2 is 1.89 bits per heavy atom. The van der Waals surface area contributed by atoms with Gasteiger partial charge in [-0.1, -0.05) is 15.9 Å². The van der Waals surface area contributed by atoms with Gasteiger partial charge in [0.25, 0.3) is 5.91 Å². The maximum absolute atomic E-state index is 13.3. The molecule has 19 heavy (non-hydrogen) atoms. The van der Waals surface area contributed by atoms with Crippen molar-refractivity contribution in [1.82, 2.24) is 0 Å². The van der Waals surface area contributed by atoms with Crippen molar-refractivity contribution in [2.24, 2.45) is 0 Å². The van der Waals surface area contributed by atoms with Crippen molar-refractivity contribution in [1.29, 1.82) is 0 Å². The number of nitrogens with one attached hydrogen (secondary N) is 1. The fourth-order valence-corrected chi connectivity index (χ4v) is 2.11. The van der Waals surface area contributed by atoms with E-state index in [0.29, 0.717) is 21.4 Å². The summed E-state index contributed by atoms with van der Waals surface area (Å²) in [6.45, 7) is 0. The normalized spacial score (nSPS) is 10.3. The molecule has 0 atom stereocenters. The van der Waals surface area contributed by atoms with E-state index in [0.717, 1.165) is 4.47 Å². The van der Waals surface area contributed by atoms with Crippen LogP contribution in [0.15, 0.2) is 45.3 Å². The van der Waals surface area contributed by atoms with Crippen molar-refractivity contribution >= 4 is 49.1 Å². The monoisotopic (exact) mass is 386 g/mol. The van der Waals surface area contributed by atoms with E-state index >= 15 is 0 Å². The topological polar surface area (TPSA) is 55.1 Å². The molecule has 0 aliphatic carbocycles. The second-order valence-corrected chi connectivity index (χ2v) is 5.58. The summed E-state index contributed by atoms with van der Waals surface area (Å²) in [6.07, 6.45) is 0. The zero-order valence-electron chi connectivity index (χ0n) is 9.58. The second-order valence-electron chi connectivity index (χ2n) is 3.81. The quantitative estimate of drug-likeness (QED) is 0.759. The highest BCUT2D eigenvalue weighted by Crippen LogP contribution is 2.22. The molecule has 0 unspecified atom stereocenters. The standard InChI is InChI=1S/C13H9Br2FN2O/c14-7-1-4-12(17)9(5-7)13(19)18-8-2-3-10(15)11(16)6-8/h1-6H,17H2,(H,18,19). The Balaban J connectivity index is 2.25. The number of hydrogen-bond donors (Lipinski definition) is 2. The molecule has 3 N–H and O–H groups in total. The van der Waals surface area contributed by atoms with Gasteiger partial charge in [0.05, 0.1) is 10.0 Å². The molecule has 3 nitrogen and oxygen atoms in total. The van der Waals surface area contributed by atoms with Crippen molar-refractivity contribution in [3.63, 3.8) is 0 Å². The van der Waals surface area contributed by atoms with Gasteiger partial charge in [-0.2, -0.15) is 0 Å². The van der Waals surface area contributed by atoms with Gasteiger partial charge in [-0.3, -0.25) is 4.79 Å². The van der Waals surface area contributed by atoms with E-state index in [1.54, 1.807) is 24.3 Å². The number of anilines is 2. The molecule has 0 fully saturated rings. The number of rotatable bonds is 2. The van der Waals surface area contributed by atoms with Gasteiger partial charge in [-0.05, 0) is 52.3 Å². The smallest absolute Gasteiger partial charge is 0.257 e. The third kappa shape index (κ3) is 3.33. The molecule has 2 rings (SSSR count). The maximum Gasteiger partial charge on any atom is 0.257 e. The van der Waals surface area contributed by atoms with Gasteiger partial charge < -0.3 is 11.1 Å². The van der Waals surface area contributed by atoms with Crippen LogP contribution in [0.4, 0.5) is 15.8 Å². The van der Waals surface area contributed by atoms with E-state index in [1.807, 2.05) is 0 Å². The molecule has 0 heterocycles. The molecule has 1 amide bonds. The summed E-state index contributed by atoms with van der Waals surface area (Å²) in [6, 6.07) is 9.33. The maximum atomic E-state index is 13.3. The number of amides is 1. The molecular weight excluding hydrogens is 379 g/mol. The van der Waals surface area contributed by atoms with Gasteiger partial charge in [0, 0.05) is 15.8 Å². The van der Waals surface area contributed by atoms with Gasteiger partial charge in [-0.15, -0.1) is 0 Å². The molecule has 6 heteroatoms. The minimum atomic E-state index is -0.444. The van der Waals surface area contributed by atoms with Gasteiger partial charge in [-0.25, -0.2) is 4.39 Å². The van der Waals surface area contributed by atoms with Crippen LogP contribution in [-0.4, -0.2) is 5.91 Å². The van der Waals surface area contributed by atoms with Crippen LogP contribution in [-0.2, 0) is 0 Å². The van der Waals surface area contributed by atoms with E-state index in [1.165, 1.54) is 12.1 Å². The number of carbonyl (C=O) groups is 1.